The lowest BCUT2D eigenvalue weighted by Gasteiger charge is -2.41. The maximum atomic E-state index is 13.3. The lowest BCUT2D eigenvalue weighted by atomic mass is 9.95. The number of carbonyl (C=O) groups excluding carboxylic acids is 3. The Kier molecular flexibility index (Phi) is 5.13. The molecule has 0 aromatic heterocycles. The minimum absolute atomic E-state index is 0.00505. The third kappa shape index (κ3) is 3.47. The number of likely N-dealkylation sites (tertiary alicyclic amines) is 1. The van der Waals surface area contributed by atoms with E-state index in [9.17, 15) is 22.8 Å². The van der Waals surface area contributed by atoms with Crippen LogP contribution in [-0.4, -0.2) is 71.5 Å². The highest BCUT2D eigenvalue weighted by Crippen LogP contribution is 2.39. The highest BCUT2D eigenvalue weighted by Gasteiger charge is 2.47. The maximum absolute atomic E-state index is 13.3. The van der Waals surface area contributed by atoms with E-state index in [4.69, 9.17) is 0 Å². The third-order valence-electron chi connectivity index (χ3n) is 7.20. The molecule has 0 radical (unpaired) electrons. The Morgan fingerprint density at radius 3 is 1.94 bits per heavy atom. The van der Waals surface area contributed by atoms with Gasteiger partial charge in [0.05, 0.1) is 4.90 Å². The molecule has 0 N–H and O–H groups in total. The van der Waals surface area contributed by atoms with Gasteiger partial charge in [-0.05, 0) is 62.8 Å². The topological polar surface area (TPSA) is 95.1 Å². The number of carbonyl (C=O) groups is 3. The number of hydrogen-bond acceptors (Lipinski definition) is 5. The van der Waals surface area contributed by atoms with Gasteiger partial charge < -0.3 is 4.90 Å². The van der Waals surface area contributed by atoms with E-state index in [-0.39, 0.29) is 40.7 Å². The molecule has 3 amide bonds. The molecule has 4 aliphatic heterocycles. The van der Waals surface area contributed by atoms with E-state index in [2.05, 4.69) is 0 Å². The molecule has 0 saturated carbocycles. The molecule has 1 aromatic rings. The number of sulfonamides is 1. The smallest absolute Gasteiger partial charge is 0.254 e. The molecule has 166 valence electrons. The van der Waals surface area contributed by atoms with Gasteiger partial charge in [0.1, 0.15) is 0 Å². The summed E-state index contributed by atoms with van der Waals surface area (Å²) in [5.41, 5.74) is 0.476. The Hall–Kier alpha value is -2.26. The molecule has 0 aliphatic carbocycles. The lowest BCUT2D eigenvalue weighted by molar-refractivity contribution is -0.142. The third-order valence-corrected chi connectivity index (χ3v) is 9.11. The number of rotatable bonds is 4. The first-order valence-electron chi connectivity index (χ1n) is 11.1. The Morgan fingerprint density at radius 2 is 1.39 bits per heavy atom. The molecule has 4 fully saturated rings. The minimum Gasteiger partial charge on any atom is -0.333 e. The summed E-state index contributed by atoms with van der Waals surface area (Å²) in [7, 11) is -3.50. The molecule has 0 spiro atoms. The van der Waals surface area contributed by atoms with Crippen molar-refractivity contribution < 1.29 is 22.8 Å². The van der Waals surface area contributed by atoms with Crippen LogP contribution in [0.4, 0.5) is 0 Å². The van der Waals surface area contributed by atoms with Crippen molar-refractivity contribution in [2.75, 3.05) is 13.1 Å². The first-order valence-corrected chi connectivity index (χ1v) is 12.6. The summed E-state index contributed by atoms with van der Waals surface area (Å²) in [5.74, 6) is -0.289. The summed E-state index contributed by atoms with van der Waals surface area (Å²) in [6.07, 6.45) is 5.32. The number of hydrogen-bond donors (Lipinski definition) is 0. The van der Waals surface area contributed by atoms with Gasteiger partial charge in [0, 0.05) is 49.6 Å². The fraction of sp³-hybridized carbons (Fsp3) is 0.591. The fourth-order valence-electron chi connectivity index (χ4n) is 5.69. The van der Waals surface area contributed by atoms with Crippen molar-refractivity contribution in [3.05, 3.63) is 29.8 Å². The van der Waals surface area contributed by atoms with Gasteiger partial charge >= 0.3 is 0 Å². The molecule has 31 heavy (non-hydrogen) atoms. The second-order valence-electron chi connectivity index (χ2n) is 9.02. The van der Waals surface area contributed by atoms with Crippen molar-refractivity contribution in [1.29, 1.82) is 0 Å². The summed E-state index contributed by atoms with van der Waals surface area (Å²) in [6.45, 7) is 1.09. The number of nitrogens with zero attached hydrogens (tertiary/aromatic N) is 3. The van der Waals surface area contributed by atoms with Crippen LogP contribution in [0, 0.1) is 0 Å². The van der Waals surface area contributed by atoms with Crippen molar-refractivity contribution >= 4 is 27.7 Å². The standard InChI is InChI=1S/C22H27N3O5S/c26-20-9-10-21(27)25(20)18-13-16-5-6-17(14-18)24(16)22(28)15-3-7-19(8-4-15)31(29,30)23-11-1-2-12-23/h3-4,7-8,16-18H,1-2,5-6,9-14H2. The summed E-state index contributed by atoms with van der Waals surface area (Å²) in [6, 6.07) is 6.15. The first kappa shape index (κ1) is 20.6. The second-order valence-corrected chi connectivity index (χ2v) is 11.0. The number of imide groups is 1. The van der Waals surface area contributed by atoms with Gasteiger partial charge in [0.15, 0.2) is 0 Å². The molecule has 2 atom stereocenters. The molecule has 2 bridgehead atoms. The van der Waals surface area contributed by atoms with Crippen molar-refractivity contribution in [2.45, 2.75) is 74.4 Å². The average molecular weight is 446 g/mol. The van der Waals surface area contributed by atoms with Gasteiger partial charge in [-0.2, -0.15) is 4.31 Å². The van der Waals surface area contributed by atoms with Crippen molar-refractivity contribution in [3.8, 4) is 0 Å². The largest absolute Gasteiger partial charge is 0.333 e. The van der Waals surface area contributed by atoms with Crippen LogP contribution < -0.4 is 0 Å². The van der Waals surface area contributed by atoms with Gasteiger partial charge in [-0.25, -0.2) is 8.42 Å². The van der Waals surface area contributed by atoms with Gasteiger partial charge in [-0.15, -0.1) is 0 Å². The van der Waals surface area contributed by atoms with E-state index in [1.807, 2.05) is 4.90 Å². The Bertz CT molecular complexity index is 986. The second kappa shape index (κ2) is 7.70. The maximum Gasteiger partial charge on any atom is 0.254 e. The van der Waals surface area contributed by atoms with Crippen molar-refractivity contribution in [3.63, 3.8) is 0 Å². The highest BCUT2D eigenvalue weighted by molar-refractivity contribution is 7.89. The Labute approximate surface area is 182 Å². The summed E-state index contributed by atoms with van der Waals surface area (Å²) in [5, 5.41) is 0. The van der Waals surface area contributed by atoms with Crippen molar-refractivity contribution in [1.82, 2.24) is 14.1 Å². The number of amides is 3. The van der Waals surface area contributed by atoms with Crippen LogP contribution in [0.3, 0.4) is 0 Å². The molecule has 1 aromatic carbocycles. The van der Waals surface area contributed by atoms with Crippen LogP contribution in [0.2, 0.25) is 0 Å². The molecule has 9 heteroatoms. The zero-order valence-corrected chi connectivity index (χ0v) is 18.2. The zero-order chi connectivity index (χ0) is 21.8. The molecule has 4 heterocycles. The molecule has 2 unspecified atom stereocenters. The van der Waals surface area contributed by atoms with E-state index in [0.29, 0.717) is 44.3 Å². The molecule has 5 rings (SSSR count). The summed E-state index contributed by atoms with van der Waals surface area (Å²) in [4.78, 5) is 41.1. The monoisotopic (exact) mass is 445 g/mol. The number of fused-ring (bicyclic) bond motifs is 2. The van der Waals surface area contributed by atoms with Crippen LogP contribution in [0.1, 0.15) is 61.7 Å². The van der Waals surface area contributed by atoms with Crippen LogP contribution in [0.15, 0.2) is 29.2 Å². The molecule has 8 nitrogen and oxygen atoms in total. The van der Waals surface area contributed by atoms with Gasteiger partial charge in [0.25, 0.3) is 5.91 Å². The summed E-state index contributed by atoms with van der Waals surface area (Å²) >= 11 is 0. The first-order chi connectivity index (χ1) is 14.9. The molecule has 4 saturated heterocycles. The van der Waals surface area contributed by atoms with Crippen LogP contribution in [-0.2, 0) is 19.6 Å². The minimum atomic E-state index is -3.50. The van der Waals surface area contributed by atoms with E-state index in [0.717, 1.165) is 25.7 Å². The SMILES string of the molecule is O=C1CCC(=O)N1C1CC2CCC(C1)N2C(=O)c1ccc(S(=O)(=O)N2CCCC2)cc1. The lowest BCUT2D eigenvalue weighted by Crippen LogP contribution is -2.53. The highest BCUT2D eigenvalue weighted by atomic mass is 32.2. The molecule has 4 aliphatic rings. The summed E-state index contributed by atoms with van der Waals surface area (Å²) < 4.78 is 26.9. The average Bonchev–Trinajstić information content (AvgIpc) is 3.47. The van der Waals surface area contributed by atoms with E-state index >= 15 is 0 Å². The number of piperidine rings is 1. The van der Waals surface area contributed by atoms with Crippen LogP contribution in [0.5, 0.6) is 0 Å². The quantitative estimate of drug-likeness (QED) is 0.658. The Morgan fingerprint density at radius 1 is 0.839 bits per heavy atom. The van der Waals surface area contributed by atoms with E-state index in [1.165, 1.54) is 21.3 Å². The predicted octanol–water partition coefficient (Wildman–Crippen LogP) is 1.76. The van der Waals surface area contributed by atoms with Gasteiger partial charge in [0.2, 0.25) is 21.8 Å². The van der Waals surface area contributed by atoms with E-state index < -0.39 is 10.0 Å². The van der Waals surface area contributed by atoms with Gasteiger partial charge in [-0.3, -0.25) is 19.3 Å². The zero-order valence-electron chi connectivity index (χ0n) is 17.4. The van der Waals surface area contributed by atoms with Crippen LogP contribution >= 0.6 is 0 Å². The van der Waals surface area contributed by atoms with Gasteiger partial charge in [-0.1, -0.05) is 0 Å². The molecular formula is C22H27N3O5S. The number of benzene rings is 1. The molecular weight excluding hydrogens is 418 g/mol. The predicted molar refractivity (Wildman–Crippen MR) is 112 cm³/mol. The normalized spacial score (nSPS) is 29.2. The Balaban J connectivity index is 1.31. The van der Waals surface area contributed by atoms with E-state index in [1.54, 1.807) is 12.1 Å². The van der Waals surface area contributed by atoms with Crippen molar-refractivity contribution in [2.24, 2.45) is 0 Å². The fourth-order valence-corrected chi connectivity index (χ4v) is 7.21. The van der Waals surface area contributed by atoms with Crippen LogP contribution in [0.25, 0.3) is 0 Å².